The lowest BCUT2D eigenvalue weighted by Gasteiger charge is -2.38. The molecule has 0 unspecified atom stereocenters. The molecule has 0 spiro atoms. The average Bonchev–Trinajstić information content (AvgIpc) is 3.11. The number of hydrogen-bond acceptors (Lipinski definition) is 2. The van der Waals surface area contributed by atoms with Gasteiger partial charge < -0.3 is 10.2 Å². The number of benzene rings is 1. The van der Waals surface area contributed by atoms with Gasteiger partial charge in [0.15, 0.2) is 0 Å². The zero-order valence-corrected chi connectivity index (χ0v) is 15.5. The zero-order valence-electron chi connectivity index (χ0n) is 13.9. The minimum Gasteiger partial charge on any atom is -0.338 e. The van der Waals surface area contributed by atoms with Crippen molar-refractivity contribution in [1.29, 1.82) is 0 Å². The topological polar surface area (TPSA) is 35.6 Å². The Morgan fingerprint density at radius 3 is 2.50 bits per heavy atom. The molecule has 0 atom stereocenters. The highest BCUT2D eigenvalue weighted by molar-refractivity contribution is 6.35. The summed E-state index contributed by atoms with van der Waals surface area (Å²) in [5.74, 6) is 0. The number of hydrogen-bond donors (Lipinski definition) is 1. The van der Waals surface area contributed by atoms with Crippen molar-refractivity contribution in [1.82, 2.24) is 15.1 Å². The second kappa shape index (κ2) is 8.41. The number of amides is 2. The molecule has 24 heavy (non-hydrogen) atoms. The fraction of sp³-hybridized carbons (Fsp3) is 0.611. The van der Waals surface area contributed by atoms with Crippen molar-refractivity contribution < 1.29 is 4.79 Å². The van der Waals surface area contributed by atoms with Crippen LogP contribution in [-0.2, 0) is 6.42 Å². The summed E-state index contributed by atoms with van der Waals surface area (Å²) in [5, 5.41) is 4.29. The maximum absolute atomic E-state index is 12.3. The fourth-order valence-corrected chi connectivity index (χ4v) is 4.20. The van der Waals surface area contributed by atoms with E-state index in [9.17, 15) is 4.79 Å². The summed E-state index contributed by atoms with van der Waals surface area (Å²) in [7, 11) is 0. The second-order valence-electron chi connectivity index (χ2n) is 6.68. The fourth-order valence-electron chi connectivity index (χ4n) is 3.70. The molecule has 0 radical (unpaired) electrons. The van der Waals surface area contributed by atoms with Gasteiger partial charge in [0.1, 0.15) is 0 Å². The van der Waals surface area contributed by atoms with Crippen LogP contribution in [-0.4, -0.2) is 54.6 Å². The Balaban J connectivity index is 1.39. The van der Waals surface area contributed by atoms with Gasteiger partial charge in [0.2, 0.25) is 0 Å². The van der Waals surface area contributed by atoms with E-state index < -0.39 is 0 Å². The maximum Gasteiger partial charge on any atom is 0.317 e. The summed E-state index contributed by atoms with van der Waals surface area (Å²) in [5.41, 5.74) is 1.01. The number of carbonyl (C=O) groups is 1. The number of urea groups is 1. The van der Waals surface area contributed by atoms with E-state index in [0.717, 1.165) is 37.8 Å². The van der Waals surface area contributed by atoms with Gasteiger partial charge in [-0.15, -0.1) is 0 Å². The molecule has 1 N–H and O–H groups in total. The highest BCUT2D eigenvalue weighted by Gasteiger charge is 2.27. The Labute approximate surface area is 154 Å². The summed E-state index contributed by atoms with van der Waals surface area (Å²) in [6, 6.07) is 6.26. The van der Waals surface area contributed by atoms with E-state index >= 15 is 0 Å². The van der Waals surface area contributed by atoms with E-state index in [1.54, 1.807) is 6.07 Å². The molecule has 132 valence electrons. The maximum atomic E-state index is 12.3. The third kappa shape index (κ3) is 4.56. The Hall–Kier alpha value is -0.970. The van der Waals surface area contributed by atoms with Gasteiger partial charge in [-0.25, -0.2) is 4.79 Å². The van der Waals surface area contributed by atoms with Gasteiger partial charge in [-0.2, -0.15) is 0 Å². The number of nitrogens with zero attached hydrogens (tertiary/aromatic N) is 2. The predicted octanol–water partition coefficient (Wildman–Crippen LogP) is 3.81. The molecule has 0 aromatic heterocycles. The van der Waals surface area contributed by atoms with E-state index in [2.05, 4.69) is 10.2 Å². The minimum absolute atomic E-state index is 0.0335. The molecule has 1 saturated heterocycles. The molecule has 3 rings (SSSR count). The largest absolute Gasteiger partial charge is 0.338 e. The number of halogens is 2. The third-order valence-corrected chi connectivity index (χ3v) is 5.72. The molecule has 2 amide bonds. The minimum atomic E-state index is 0.0335. The lowest BCUT2D eigenvalue weighted by Crippen LogP contribution is -2.53. The van der Waals surface area contributed by atoms with Crippen molar-refractivity contribution in [2.24, 2.45) is 0 Å². The van der Waals surface area contributed by atoms with Crippen LogP contribution < -0.4 is 5.32 Å². The number of carbonyl (C=O) groups excluding carboxylic acids is 1. The van der Waals surface area contributed by atoms with Crippen LogP contribution in [0.5, 0.6) is 0 Å². The first-order chi connectivity index (χ1) is 11.6. The van der Waals surface area contributed by atoms with E-state index in [0.29, 0.717) is 23.0 Å². The van der Waals surface area contributed by atoms with Crippen LogP contribution in [0.1, 0.15) is 31.2 Å². The van der Waals surface area contributed by atoms with Crippen LogP contribution in [0.3, 0.4) is 0 Å². The van der Waals surface area contributed by atoms with Crippen LogP contribution in [0, 0.1) is 0 Å². The van der Waals surface area contributed by atoms with Crippen LogP contribution in [0.2, 0.25) is 10.0 Å². The van der Waals surface area contributed by atoms with Gasteiger partial charge in [0.05, 0.1) is 0 Å². The second-order valence-corrected chi connectivity index (χ2v) is 7.52. The Morgan fingerprint density at radius 2 is 1.83 bits per heavy atom. The Morgan fingerprint density at radius 1 is 1.12 bits per heavy atom. The Kier molecular flexibility index (Phi) is 6.25. The van der Waals surface area contributed by atoms with Gasteiger partial charge in [0, 0.05) is 48.8 Å². The van der Waals surface area contributed by atoms with Crippen molar-refractivity contribution in [2.45, 2.75) is 38.1 Å². The highest BCUT2D eigenvalue weighted by atomic mass is 35.5. The standard InChI is InChI=1S/C18H25Cl2N3O/c19-15-6-5-14(17(20)13-15)7-8-21-18(24)23-11-9-22(10-12-23)16-3-1-2-4-16/h5-6,13,16H,1-4,7-12H2,(H,21,24). The van der Waals surface area contributed by atoms with Crippen molar-refractivity contribution in [3.8, 4) is 0 Å². The van der Waals surface area contributed by atoms with Crippen molar-refractivity contribution in [2.75, 3.05) is 32.7 Å². The van der Waals surface area contributed by atoms with Gasteiger partial charge in [-0.05, 0) is 37.0 Å². The number of nitrogens with one attached hydrogen (secondary N) is 1. The molecule has 0 bridgehead atoms. The summed E-state index contributed by atoms with van der Waals surface area (Å²) in [6.45, 7) is 4.24. The summed E-state index contributed by atoms with van der Waals surface area (Å²) in [4.78, 5) is 16.8. The molecule has 1 aromatic carbocycles. The smallest absolute Gasteiger partial charge is 0.317 e. The van der Waals surface area contributed by atoms with Crippen LogP contribution in [0.25, 0.3) is 0 Å². The third-order valence-electron chi connectivity index (χ3n) is 5.13. The SMILES string of the molecule is O=C(NCCc1ccc(Cl)cc1Cl)N1CCN(C2CCCC2)CC1. The van der Waals surface area contributed by atoms with E-state index in [1.807, 2.05) is 17.0 Å². The average molecular weight is 370 g/mol. The highest BCUT2D eigenvalue weighted by Crippen LogP contribution is 2.24. The molecule has 1 heterocycles. The molecule has 2 fully saturated rings. The van der Waals surface area contributed by atoms with E-state index in [4.69, 9.17) is 23.2 Å². The molecule has 1 aliphatic carbocycles. The summed E-state index contributed by atoms with van der Waals surface area (Å²) < 4.78 is 0. The van der Waals surface area contributed by atoms with Gasteiger partial charge in [-0.3, -0.25) is 4.90 Å². The molecule has 4 nitrogen and oxygen atoms in total. The molecule has 1 saturated carbocycles. The van der Waals surface area contributed by atoms with Crippen molar-refractivity contribution >= 4 is 29.2 Å². The quantitative estimate of drug-likeness (QED) is 0.875. The first kappa shape index (κ1) is 17.8. The summed E-state index contributed by atoms with van der Waals surface area (Å²) in [6.07, 6.45) is 6.09. The van der Waals surface area contributed by atoms with E-state index in [-0.39, 0.29) is 6.03 Å². The summed E-state index contributed by atoms with van der Waals surface area (Å²) >= 11 is 12.1. The normalized spacial score (nSPS) is 19.7. The molecular weight excluding hydrogens is 345 g/mol. The van der Waals surface area contributed by atoms with Crippen molar-refractivity contribution in [3.05, 3.63) is 33.8 Å². The van der Waals surface area contributed by atoms with E-state index in [1.165, 1.54) is 25.7 Å². The predicted molar refractivity (Wildman–Crippen MR) is 99.0 cm³/mol. The number of piperazine rings is 1. The Bertz CT molecular complexity index is 567. The lowest BCUT2D eigenvalue weighted by molar-refractivity contribution is 0.110. The van der Waals surface area contributed by atoms with Crippen LogP contribution in [0.15, 0.2) is 18.2 Å². The van der Waals surface area contributed by atoms with Crippen LogP contribution in [0.4, 0.5) is 4.79 Å². The monoisotopic (exact) mass is 369 g/mol. The van der Waals surface area contributed by atoms with Crippen molar-refractivity contribution in [3.63, 3.8) is 0 Å². The van der Waals surface area contributed by atoms with Gasteiger partial charge >= 0.3 is 6.03 Å². The lowest BCUT2D eigenvalue weighted by atomic mass is 10.1. The van der Waals surface area contributed by atoms with Gasteiger partial charge in [0.25, 0.3) is 0 Å². The zero-order chi connectivity index (χ0) is 16.9. The first-order valence-corrected chi connectivity index (χ1v) is 9.60. The molecule has 6 heteroatoms. The molecule has 1 aliphatic heterocycles. The first-order valence-electron chi connectivity index (χ1n) is 8.84. The van der Waals surface area contributed by atoms with Crippen LogP contribution >= 0.6 is 23.2 Å². The molecule has 2 aliphatic rings. The number of rotatable bonds is 4. The molecular formula is C18H25Cl2N3O. The van der Waals surface area contributed by atoms with Gasteiger partial charge in [-0.1, -0.05) is 42.1 Å². The molecule has 1 aromatic rings.